The average molecular weight is 270 g/mol. The lowest BCUT2D eigenvalue weighted by molar-refractivity contribution is -0.384. The first-order chi connectivity index (χ1) is 9.11. The van der Waals surface area contributed by atoms with Crippen molar-refractivity contribution in [1.82, 2.24) is 0 Å². The monoisotopic (exact) mass is 270 g/mol. The summed E-state index contributed by atoms with van der Waals surface area (Å²) in [6.07, 6.45) is 1.76. The second-order valence-corrected chi connectivity index (χ2v) is 4.89. The molecule has 0 radical (unpaired) electrons. The molecule has 2 rings (SSSR count). The number of benzene rings is 1. The molecule has 94 valence electrons. The van der Waals surface area contributed by atoms with Gasteiger partial charge in [-0.1, -0.05) is 12.1 Å². The summed E-state index contributed by atoms with van der Waals surface area (Å²) in [4.78, 5) is 11.3. The highest BCUT2D eigenvalue weighted by atomic mass is 32.1. The van der Waals surface area contributed by atoms with E-state index in [-0.39, 0.29) is 5.69 Å². The van der Waals surface area contributed by atoms with Crippen LogP contribution >= 0.6 is 11.3 Å². The number of hydrogen-bond donors (Lipinski definition) is 0. The van der Waals surface area contributed by atoms with Crippen LogP contribution in [0.5, 0.6) is 0 Å². The van der Waals surface area contributed by atoms with Gasteiger partial charge in [-0.25, -0.2) is 0 Å². The lowest BCUT2D eigenvalue weighted by atomic mass is 10.1. The molecule has 0 unspecified atom stereocenters. The van der Waals surface area contributed by atoms with Crippen molar-refractivity contribution in [3.63, 3.8) is 0 Å². The van der Waals surface area contributed by atoms with Crippen molar-refractivity contribution in [3.05, 3.63) is 61.8 Å². The zero-order valence-electron chi connectivity index (χ0n) is 10.2. The second kappa shape index (κ2) is 5.46. The van der Waals surface area contributed by atoms with Gasteiger partial charge in [0.25, 0.3) is 5.69 Å². The van der Waals surface area contributed by atoms with Gasteiger partial charge >= 0.3 is 0 Å². The molecule has 0 amide bonds. The Kier molecular flexibility index (Phi) is 3.74. The van der Waals surface area contributed by atoms with E-state index < -0.39 is 4.92 Å². The molecule has 1 aromatic carbocycles. The minimum atomic E-state index is -0.463. The Balaban J connectivity index is 2.46. The zero-order valence-corrected chi connectivity index (χ0v) is 11.0. The van der Waals surface area contributed by atoms with Crippen LogP contribution in [0.15, 0.2) is 35.7 Å². The minimum absolute atomic E-state index is 0.0125. The van der Waals surface area contributed by atoms with E-state index in [0.717, 1.165) is 10.4 Å². The molecule has 0 saturated carbocycles. The van der Waals surface area contributed by atoms with E-state index in [1.54, 1.807) is 18.2 Å². The van der Waals surface area contributed by atoms with Gasteiger partial charge in [-0.2, -0.15) is 5.26 Å². The molecule has 4 nitrogen and oxygen atoms in total. The van der Waals surface area contributed by atoms with Crippen molar-refractivity contribution < 1.29 is 4.92 Å². The third-order valence-electron chi connectivity index (χ3n) is 2.67. The first-order valence-electron chi connectivity index (χ1n) is 5.52. The number of hydrogen-bond acceptors (Lipinski definition) is 4. The topological polar surface area (TPSA) is 66.9 Å². The number of nitro groups is 1. The highest BCUT2D eigenvalue weighted by Crippen LogP contribution is 2.25. The summed E-state index contributed by atoms with van der Waals surface area (Å²) in [5.41, 5.74) is 2.06. The molecular weight excluding hydrogens is 260 g/mol. The van der Waals surface area contributed by atoms with Crippen LogP contribution < -0.4 is 0 Å². The van der Waals surface area contributed by atoms with Gasteiger partial charge in [0, 0.05) is 17.0 Å². The third kappa shape index (κ3) is 2.87. The number of nitrogens with zero attached hydrogens (tertiary/aromatic N) is 2. The van der Waals surface area contributed by atoms with E-state index in [9.17, 15) is 15.4 Å². The van der Waals surface area contributed by atoms with E-state index >= 15 is 0 Å². The predicted molar refractivity (Wildman–Crippen MR) is 75.6 cm³/mol. The Labute approximate surface area is 114 Å². The number of nitro benzene ring substituents is 1. The van der Waals surface area contributed by atoms with Crippen LogP contribution in [0.1, 0.15) is 16.0 Å². The molecule has 0 aliphatic rings. The Morgan fingerprint density at radius 2 is 2.26 bits per heavy atom. The summed E-state index contributed by atoms with van der Waals surface area (Å²) in [6, 6.07) is 10.2. The van der Waals surface area contributed by atoms with Crippen LogP contribution in [-0.2, 0) is 0 Å². The molecule has 5 heteroatoms. The van der Waals surface area contributed by atoms with Crippen molar-refractivity contribution >= 4 is 28.7 Å². The molecule has 0 spiro atoms. The van der Waals surface area contributed by atoms with Gasteiger partial charge in [0.15, 0.2) is 0 Å². The SMILES string of the molecule is Cc1ccsc1/C=C(/C#N)c1cccc([N+](=O)[O-])c1. The van der Waals surface area contributed by atoms with Crippen molar-refractivity contribution in [1.29, 1.82) is 5.26 Å². The van der Waals surface area contributed by atoms with Gasteiger partial charge in [-0.15, -0.1) is 11.3 Å². The van der Waals surface area contributed by atoms with Gasteiger partial charge in [0.2, 0.25) is 0 Å². The molecule has 0 fully saturated rings. The largest absolute Gasteiger partial charge is 0.270 e. The minimum Gasteiger partial charge on any atom is -0.258 e. The normalized spacial score (nSPS) is 11.1. The maximum Gasteiger partial charge on any atom is 0.270 e. The molecule has 0 N–H and O–H groups in total. The quantitative estimate of drug-likeness (QED) is 0.480. The first-order valence-corrected chi connectivity index (χ1v) is 6.40. The van der Waals surface area contributed by atoms with Crippen LogP contribution in [0, 0.1) is 28.4 Å². The fraction of sp³-hybridized carbons (Fsp3) is 0.0714. The third-order valence-corrected chi connectivity index (χ3v) is 3.63. The highest BCUT2D eigenvalue weighted by Gasteiger charge is 2.09. The summed E-state index contributed by atoms with van der Waals surface area (Å²) < 4.78 is 0. The van der Waals surface area contributed by atoms with Gasteiger partial charge < -0.3 is 0 Å². The van der Waals surface area contributed by atoms with Crippen LogP contribution in [0.4, 0.5) is 5.69 Å². The number of rotatable bonds is 3. The highest BCUT2D eigenvalue weighted by molar-refractivity contribution is 7.11. The summed E-state index contributed by atoms with van der Waals surface area (Å²) >= 11 is 1.54. The van der Waals surface area contributed by atoms with E-state index in [4.69, 9.17) is 0 Å². The number of non-ortho nitro benzene ring substituents is 1. The fourth-order valence-electron chi connectivity index (χ4n) is 1.63. The summed E-state index contributed by atoms with van der Waals surface area (Å²) in [5.74, 6) is 0. The Morgan fingerprint density at radius 3 is 2.84 bits per heavy atom. The predicted octanol–water partition coefficient (Wildman–Crippen LogP) is 4.03. The van der Waals surface area contributed by atoms with Crippen molar-refractivity contribution in [2.75, 3.05) is 0 Å². The van der Waals surface area contributed by atoms with Gasteiger partial charge in [0.05, 0.1) is 16.6 Å². The van der Waals surface area contributed by atoms with E-state index in [1.165, 1.54) is 23.5 Å². The van der Waals surface area contributed by atoms with Gasteiger partial charge in [-0.3, -0.25) is 10.1 Å². The molecule has 0 aliphatic heterocycles. The maximum absolute atomic E-state index is 10.7. The van der Waals surface area contributed by atoms with Gasteiger partial charge in [0.1, 0.15) is 0 Å². The molecule has 0 bridgehead atoms. The number of nitriles is 1. The molecule has 2 aromatic rings. The molecule has 0 saturated heterocycles. The lowest BCUT2D eigenvalue weighted by Crippen LogP contribution is -1.89. The van der Waals surface area contributed by atoms with Crippen LogP contribution in [-0.4, -0.2) is 4.92 Å². The number of aryl methyl sites for hydroxylation is 1. The molecule has 19 heavy (non-hydrogen) atoms. The zero-order chi connectivity index (χ0) is 13.8. The molecule has 0 atom stereocenters. The van der Waals surface area contributed by atoms with E-state index in [1.807, 2.05) is 18.4 Å². The lowest BCUT2D eigenvalue weighted by Gasteiger charge is -1.99. The summed E-state index contributed by atoms with van der Waals surface area (Å²) in [7, 11) is 0. The standard InChI is InChI=1S/C14H10N2O2S/c1-10-5-6-19-14(10)8-12(9-15)11-3-2-4-13(7-11)16(17)18/h2-8H,1H3/b12-8-. The molecule has 0 aliphatic carbocycles. The first kappa shape index (κ1) is 13.0. The Morgan fingerprint density at radius 1 is 1.47 bits per heavy atom. The summed E-state index contributed by atoms with van der Waals surface area (Å²) in [5, 5.41) is 21.9. The maximum atomic E-state index is 10.7. The van der Waals surface area contributed by atoms with Crippen molar-refractivity contribution in [2.45, 2.75) is 6.92 Å². The number of thiophene rings is 1. The van der Waals surface area contributed by atoms with E-state index in [2.05, 4.69) is 6.07 Å². The molecule has 1 heterocycles. The van der Waals surface area contributed by atoms with Crippen molar-refractivity contribution in [3.8, 4) is 6.07 Å². The van der Waals surface area contributed by atoms with Crippen LogP contribution in [0.2, 0.25) is 0 Å². The van der Waals surface area contributed by atoms with Gasteiger partial charge in [-0.05, 0) is 35.6 Å². The smallest absolute Gasteiger partial charge is 0.258 e. The van der Waals surface area contributed by atoms with Crippen LogP contribution in [0.25, 0.3) is 11.6 Å². The molecular formula is C14H10N2O2S. The van der Waals surface area contributed by atoms with Crippen molar-refractivity contribution in [2.24, 2.45) is 0 Å². The van der Waals surface area contributed by atoms with Crippen LogP contribution in [0.3, 0.4) is 0 Å². The Hall–Kier alpha value is -2.45. The molecule has 1 aromatic heterocycles. The summed E-state index contributed by atoms with van der Waals surface area (Å²) in [6.45, 7) is 1.96. The van der Waals surface area contributed by atoms with E-state index in [0.29, 0.717) is 11.1 Å². The number of allylic oxidation sites excluding steroid dienone is 1. The second-order valence-electron chi connectivity index (χ2n) is 3.95. The fourth-order valence-corrected chi connectivity index (χ4v) is 2.49. The average Bonchev–Trinajstić information content (AvgIpc) is 2.81. The Bertz CT molecular complexity index is 695.